The van der Waals surface area contributed by atoms with Crippen molar-refractivity contribution in [1.29, 1.82) is 5.26 Å². The van der Waals surface area contributed by atoms with Gasteiger partial charge in [-0.1, -0.05) is 20.8 Å². The van der Waals surface area contributed by atoms with E-state index in [2.05, 4.69) is 46.0 Å². The maximum atomic E-state index is 12.1. The first-order chi connectivity index (χ1) is 8.64. The summed E-state index contributed by atoms with van der Waals surface area (Å²) in [6.07, 6.45) is 2.75. The SMILES string of the molecule is CC(C)(C)CC(C)(C)NCC(=O)N1CCC[C@@H]1C#N. The number of carbonyl (C=O) groups excluding carboxylic acids is 1. The summed E-state index contributed by atoms with van der Waals surface area (Å²) >= 11 is 0. The Morgan fingerprint density at radius 1 is 1.37 bits per heavy atom. The number of hydrogen-bond acceptors (Lipinski definition) is 3. The molecule has 0 bridgehead atoms. The quantitative estimate of drug-likeness (QED) is 0.848. The zero-order chi connectivity index (χ0) is 14.7. The van der Waals surface area contributed by atoms with E-state index in [1.54, 1.807) is 4.90 Å². The Morgan fingerprint density at radius 2 is 2.00 bits per heavy atom. The van der Waals surface area contributed by atoms with E-state index in [1.807, 2.05) is 0 Å². The molecular formula is C15H27N3O. The van der Waals surface area contributed by atoms with Crippen LogP contribution in [0.2, 0.25) is 0 Å². The molecule has 0 saturated carbocycles. The van der Waals surface area contributed by atoms with E-state index in [0.29, 0.717) is 6.54 Å². The van der Waals surface area contributed by atoms with Gasteiger partial charge in [0.15, 0.2) is 0 Å². The fraction of sp³-hybridized carbons (Fsp3) is 0.867. The summed E-state index contributed by atoms with van der Waals surface area (Å²) in [5.41, 5.74) is 0.151. The summed E-state index contributed by atoms with van der Waals surface area (Å²) in [6, 6.07) is 1.99. The average molecular weight is 265 g/mol. The van der Waals surface area contributed by atoms with Crippen LogP contribution in [0.25, 0.3) is 0 Å². The van der Waals surface area contributed by atoms with Crippen LogP contribution in [0.15, 0.2) is 0 Å². The van der Waals surface area contributed by atoms with Crippen LogP contribution in [0.5, 0.6) is 0 Å². The monoisotopic (exact) mass is 265 g/mol. The summed E-state index contributed by atoms with van der Waals surface area (Å²) < 4.78 is 0. The topological polar surface area (TPSA) is 56.1 Å². The van der Waals surface area contributed by atoms with Crippen molar-refractivity contribution < 1.29 is 4.79 Å². The van der Waals surface area contributed by atoms with Gasteiger partial charge in [0.25, 0.3) is 0 Å². The van der Waals surface area contributed by atoms with Crippen LogP contribution < -0.4 is 5.32 Å². The van der Waals surface area contributed by atoms with Crippen molar-refractivity contribution >= 4 is 5.91 Å². The van der Waals surface area contributed by atoms with Crippen LogP contribution in [0.1, 0.15) is 53.9 Å². The fourth-order valence-corrected chi connectivity index (χ4v) is 3.00. The Bertz CT molecular complexity index is 363. The van der Waals surface area contributed by atoms with E-state index >= 15 is 0 Å². The minimum atomic E-state index is -0.222. The second-order valence-corrected chi connectivity index (χ2v) is 7.35. The lowest BCUT2D eigenvalue weighted by Crippen LogP contribution is -2.48. The second-order valence-electron chi connectivity index (χ2n) is 7.35. The normalized spacial score (nSPS) is 20.4. The van der Waals surface area contributed by atoms with Gasteiger partial charge in [-0.25, -0.2) is 0 Å². The number of rotatable bonds is 4. The van der Waals surface area contributed by atoms with Crippen molar-refractivity contribution in [2.24, 2.45) is 5.41 Å². The van der Waals surface area contributed by atoms with Gasteiger partial charge in [-0.05, 0) is 38.5 Å². The molecule has 1 rings (SSSR count). The van der Waals surface area contributed by atoms with Crippen molar-refractivity contribution in [3.63, 3.8) is 0 Å². The molecule has 0 aliphatic carbocycles. The predicted molar refractivity (Wildman–Crippen MR) is 76.5 cm³/mol. The molecule has 1 atom stereocenters. The molecule has 0 aromatic rings. The van der Waals surface area contributed by atoms with Crippen molar-refractivity contribution in [2.75, 3.05) is 13.1 Å². The highest BCUT2D eigenvalue weighted by Gasteiger charge is 2.30. The molecule has 4 nitrogen and oxygen atoms in total. The number of carbonyl (C=O) groups is 1. The molecule has 19 heavy (non-hydrogen) atoms. The zero-order valence-electron chi connectivity index (χ0n) is 12.9. The van der Waals surface area contributed by atoms with E-state index in [-0.39, 0.29) is 22.9 Å². The van der Waals surface area contributed by atoms with E-state index in [1.165, 1.54) is 0 Å². The number of nitrogens with one attached hydrogen (secondary N) is 1. The maximum absolute atomic E-state index is 12.1. The highest BCUT2D eigenvalue weighted by Crippen LogP contribution is 2.26. The van der Waals surface area contributed by atoms with Crippen LogP contribution in [0, 0.1) is 16.7 Å². The molecule has 1 aliphatic heterocycles. The standard InChI is InChI=1S/C15H27N3O/c1-14(2,3)11-15(4,5)17-10-13(19)18-8-6-7-12(18)9-16/h12,17H,6-8,10-11H2,1-5H3/t12-/m1/s1. The van der Waals surface area contributed by atoms with E-state index in [4.69, 9.17) is 5.26 Å². The Hall–Kier alpha value is -1.08. The second kappa shape index (κ2) is 5.92. The molecule has 1 fully saturated rings. The van der Waals surface area contributed by atoms with Crippen LogP contribution in [-0.2, 0) is 4.79 Å². The predicted octanol–water partition coefficient (Wildman–Crippen LogP) is 2.31. The highest BCUT2D eigenvalue weighted by molar-refractivity contribution is 5.79. The largest absolute Gasteiger partial charge is 0.326 e. The molecule has 0 aromatic heterocycles. The van der Waals surface area contributed by atoms with Crippen molar-refractivity contribution in [2.45, 2.75) is 65.5 Å². The number of nitrogens with zero attached hydrogens (tertiary/aromatic N) is 2. The van der Waals surface area contributed by atoms with Gasteiger partial charge < -0.3 is 10.2 Å². The van der Waals surface area contributed by atoms with E-state index < -0.39 is 0 Å². The van der Waals surface area contributed by atoms with Crippen molar-refractivity contribution in [3.05, 3.63) is 0 Å². The lowest BCUT2D eigenvalue weighted by molar-refractivity contribution is -0.130. The summed E-state index contributed by atoms with van der Waals surface area (Å²) in [6.45, 7) is 11.9. The fourth-order valence-electron chi connectivity index (χ4n) is 3.00. The molecule has 1 aliphatic rings. The van der Waals surface area contributed by atoms with Gasteiger partial charge >= 0.3 is 0 Å². The lowest BCUT2D eigenvalue weighted by atomic mass is 9.82. The van der Waals surface area contributed by atoms with Gasteiger partial charge in [0, 0.05) is 12.1 Å². The molecule has 1 N–H and O–H groups in total. The smallest absolute Gasteiger partial charge is 0.237 e. The van der Waals surface area contributed by atoms with Crippen LogP contribution in [-0.4, -0.2) is 35.5 Å². The van der Waals surface area contributed by atoms with Crippen LogP contribution in [0.3, 0.4) is 0 Å². The van der Waals surface area contributed by atoms with Gasteiger partial charge in [0.1, 0.15) is 6.04 Å². The summed E-state index contributed by atoms with van der Waals surface area (Å²) in [4.78, 5) is 13.8. The molecule has 1 amide bonds. The van der Waals surface area contributed by atoms with Crippen molar-refractivity contribution in [3.8, 4) is 6.07 Å². The van der Waals surface area contributed by atoms with E-state index in [9.17, 15) is 4.79 Å². The third-order valence-corrected chi connectivity index (χ3v) is 3.41. The zero-order valence-corrected chi connectivity index (χ0v) is 12.9. The maximum Gasteiger partial charge on any atom is 0.237 e. The summed E-state index contributed by atoms with van der Waals surface area (Å²) in [5.74, 6) is 0.0473. The molecule has 108 valence electrons. The number of amides is 1. The number of likely N-dealkylation sites (tertiary alicyclic amines) is 1. The first-order valence-electron chi connectivity index (χ1n) is 7.09. The third-order valence-electron chi connectivity index (χ3n) is 3.41. The molecule has 0 aromatic carbocycles. The van der Waals surface area contributed by atoms with Gasteiger partial charge in [0.05, 0.1) is 12.6 Å². The first-order valence-corrected chi connectivity index (χ1v) is 7.09. The highest BCUT2D eigenvalue weighted by atomic mass is 16.2. The molecule has 1 heterocycles. The average Bonchev–Trinajstić information content (AvgIpc) is 2.70. The van der Waals surface area contributed by atoms with E-state index in [0.717, 1.165) is 25.8 Å². The Balaban J connectivity index is 2.48. The summed E-state index contributed by atoms with van der Waals surface area (Å²) in [5, 5.41) is 12.3. The Morgan fingerprint density at radius 3 is 2.53 bits per heavy atom. The molecule has 4 heteroatoms. The molecule has 0 radical (unpaired) electrons. The van der Waals surface area contributed by atoms with Gasteiger partial charge in [-0.15, -0.1) is 0 Å². The Labute approximate surface area is 117 Å². The first kappa shape index (κ1) is 16.0. The molecular weight excluding hydrogens is 238 g/mol. The van der Waals surface area contributed by atoms with Gasteiger partial charge in [-0.3, -0.25) is 4.79 Å². The lowest BCUT2D eigenvalue weighted by Gasteiger charge is -2.34. The molecule has 0 unspecified atom stereocenters. The molecule has 0 spiro atoms. The van der Waals surface area contributed by atoms with Crippen molar-refractivity contribution in [1.82, 2.24) is 10.2 Å². The minimum Gasteiger partial charge on any atom is -0.326 e. The van der Waals surface area contributed by atoms with Gasteiger partial charge in [-0.2, -0.15) is 5.26 Å². The number of nitriles is 1. The third kappa shape index (κ3) is 5.20. The van der Waals surface area contributed by atoms with Crippen LogP contribution in [0.4, 0.5) is 0 Å². The molecule has 1 saturated heterocycles. The Kier molecular flexibility index (Phi) is 4.98. The van der Waals surface area contributed by atoms with Crippen LogP contribution >= 0.6 is 0 Å². The summed E-state index contributed by atoms with van der Waals surface area (Å²) in [7, 11) is 0. The van der Waals surface area contributed by atoms with Gasteiger partial charge in [0.2, 0.25) is 5.91 Å². The number of hydrogen-bond donors (Lipinski definition) is 1. The minimum absolute atomic E-state index is 0.0473.